The number of rotatable bonds is 8. The van der Waals surface area contributed by atoms with Gasteiger partial charge in [-0.05, 0) is 31.1 Å². The highest BCUT2D eigenvalue weighted by Gasteiger charge is 2.13. The number of para-hydroxylation sites is 1. The molecule has 0 N–H and O–H groups in total. The summed E-state index contributed by atoms with van der Waals surface area (Å²) in [6.45, 7) is 7.28. The van der Waals surface area contributed by atoms with Crippen molar-refractivity contribution in [2.24, 2.45) is 5.92 Å². The van der Waals surface area contributed by atoms with Crippen molar-refractivity contribution in [3.8, 4) is 5.75 Å². The quantitative estimate of drug-likeness (QED) is 0.632. The number of hydrogen-bond acceptors (Lipinski definition) is 3. The minimum atomic E-state index is -0.421. The molecule has 1 aromatic heterocycles. The Labute approximate surface area is 164 Å². The molecule has 0 saturated carbocycles. The van der Waals surface area contributed by atoms with Crippen molar-refractivity contribution < 1.29 is 13.9 Å². The molecule has 1 heterocycles. The van der Waals surface area contributed by atoms with Crippen LogP contribution in [0.5, 0.6) is 5.75 Å². The Bertz CT molecular complexity index is 818. The molecule has 2 rings (SSSR count). The van der Waals surface area contributed by atoms with Crippen LogP contribution in [0.1, 0.15) is 25.1 Å². The predicted octanol–water partition coefficient (Wildman–Crippen LogP) is 4.19. The molecule has 27 heavy (non-hydrogen) atoms. The molecule has 0 atom stereocenters. The van der Waals surface area contributed by atoms with Crippen molar-refractivity contribution >= 4 is 23.6 Å². The second-order valence-electron chi connectivity index (χ2n) is 6.74. The number of aryl methyl sites for hydroxylation is 1. The van der Waals surface area contributed by atoms with Gasteiger partial charge in [-0.15, -0.1) is 0 Å². The first-order valence-corrected chi connectivity index (χ1v) is 9.20. The van der Waals surface area contributed by atoms with E-state index in [4.69, 9.17) is 16.3 Å². The molecule has 0 unspecified atom stereocenters. The number of ether oxygens (including phenoxy) is 1. The maximum Gasteiger partial charge on any atom is 0.246 e. The van der Waals surface area contributed by atoms with Gasteiger partial charge in [0.1, 0.15) is 11.8 Å². The maximum atomic E-state index is 13.5. The molecule has 0 aliphatic rings. The number of amides is 1. The lowest BCUT2D eigenvalue weighted by atomic mass is 10.2. The summed E-state index contributed by atoms with van der Waals surface area (Å²) in [6.07, 6.45) is 3.14. The minimum absolute atomic E-state index is 0.175. The predicted molar refractivity (Wildman–Crippen MR) is 105 cm³/mol. The second-order valence-corrected chi connectivity index (χ2v) is 7.10. The van der Waals surface area contributed by atoms with E-state index >= 15 is 0 Å². The van der Waals surface area contributed by atoms with Gasteiger partial charge in [0.15, 0.2) is 11.6 Å². The van der Waals surface area contributed by atoms with Gasteiger partial charge in [-0.1, -0.05) is 37.6 Å². The van der Waals surface area contributed by atoms with E-state index < -0.39 is 5.82 Å². The topological polar surface area (TPSA) is 47.4 Å². The zero-order valence-electron chi connectivity index (χ0n) is 16.1. The van der Waals surface area contributed by atoms with E-state index in [1.165, 1.54) is 17.0 Å². The first-order valence-electron chi connectivity index (χ1n) is 8.83. The maximum absolute atomic E-state index is 13.5. The molecule has 0 spiro atoms. The third-order valence-corrected chi connectivity index (χ3v) is 4.34. The lowest BCUT2D eigenvalue weighted by Gasteiger charge is -2.15. The summed E-state index contributed by atoms with van der Waals surface area (Å²) >= 11 is 6.37. The number of carbonyl (C=O) groups is 1. The summed E-state index contributed by atoms with van der Waals surface area (Å²) in [7, 11) is 1.66. The number of hydrogen-bond donors (Lipinski definition) is 0. The molecule has 0 fully saturated rings. The third-order valence-electron chi connectivity index (χ3n) is 3.94. The molecule has 1 aromatic carbocycles. The monoisotopic (exact) mass is 393 g/mol. The van der Waals surface area contributed by atoms with Crippen molar-refractivity contribution in [2.45, 2.75) is 27.3 Å². The Morgan fingerprint density at radius 2 is 2.11 bits per heavy atom. The standard InChI is InChI=1S/C20H25ClFN3O2/c1-14(2)13-25-20(21)16(15(3)23-25)9-10-19(26)24(4)11-12-27-18-8-6-5-7-17(18)22/h5-10,14H,11-13H2,1-4H3/b10-9+. The zero-order valence-corrected chi connectivity index (χ0v) is 16.8. The second kappa shape index (κ2) is 9.55. The van der Waals surface area contributed by atoms with Crippen LogP contribution in [0.4, 0.5) is 4.39 Å². The highest BCUT2D eigenvalue weighted by Crippen LogP contribution is 2.22. The molecule has 1 amide bonds. The van der Waals surface area contributed by atoms with E-state index in [0.29, 0.717) is 17.6 Å². The zero-order chi connectivity index (χ0) is 20.0. The van der Waals surface area contributed by atoms with E-state index in [1.54, 1.807) is 36.0 Å². The van der Waals surface area contributed by atoms with Gasteiger partial charge in [-0.3, -0.25) is 9.48 Å². The molecular weight excluding hydrogens is 369 g/mol. The van der Waals surface area contributed by atoms with E-state index in [-0.39, 0.29) is 18.3 Å². The van der Waals surface area contributed by atoms with Crippen molar-refractivity contribution in [1.82, 2.24) is 14.7 Å². The summed E-state index contributed by atoms with van der Waals surface area (Å²) < 4.78 is 20.6. The summed E-state index contributed by atoms with van der Waals surface area (Å²) in [4.78, 5) is 13.8. The average molecular weight is 394 g/mol. The third kappa shape index (κ3) is 5.82. The van der Waals surface area contributed by atoms with Crippen LogP contribution in [0.2, 0.25) is 5.15 Å². The van der Waals surface area contributed by atoms with Gasteiger partial charge >= 0.3 is 0 Å². The van der Waals surface area contributed by atoms with Gasteiger partial charge in [-0.2, -0.15) is 5.10 Å². The smallest absolute Gasteiger partial charge is 0.246 e. The molecule has 0 saturated heterocycles. The van der Waals surface area contributed by atoms with Gasteiger partial charge in [0.05, 0.1) is 12.2 Å². The fourth-order valence-electron chi connectivity index (χ4n) is 2.47. The molecule has 0 radical (unpaired) electrons. The fraction of sp³-hybridized carbons (Fsp3) is 0.400. The van der Waals surface area contributed by atoms with Gasteiger partial charge in [-0.25, -0.2) is 4.39 Å². The summed E-state index contributed by atoms with van der Waals surface area (Å²) in [5.41, 5.74) is 1.51. The van der Waals surface area contributed by atoms with Crippen molar-refractivity contribution in [3.63, 3.8) is 0 Å². The van der Waals surface area contributed by atoms with E-state index in [0.717, 1.165) is 17.8 Å². The number of carbonyl (C=O) groups excluding carboxylic acids is 1. The molecule has 146 valence electrons. The summed E-state index contributed by atoms with van der Waals surface area (Å²) in [5.74, 6) is -0.0242. The van der Waals surface area contributed by atoms with Crippen molar-refractivity contribution in [2.75, 3.05) is 20.2 Å². The van der Waals surface area contributed by atoms with Gasteiger partial charge in [0.25, 0.3) is 0 Å². The van der Waals surface area contributed by atoms with Gasteiger partial charge < -0.3 is 9.64 Å². The fourth-order valence-corrected chi connectivity index (χ4v) is 2.78. The van der Waals surface area contributed by atoms with E-state index in [2.05, 4.69) is 18.9 Å². The lowest BCUT2D eigenvalue weighted by molar-refractivity contribution is -0.125. The van der Waals surface area contributed by atoms with E-state index in [1.807, 2.05) is 6.92 Å². The van der Waals surface area contributed by atoms with Gasteiger partial charge in [0.2, 0.25) is 5.91 Å². The van der Waals surface area contributed by atoms with Crippen LogP contribution < -0.4 is 4.74 Å². The first-order chi connectivity index (χ1) is 12.8. The van der Waals surface area contributed by atoms with Crippen molar-refractivity contribution in [1.29, 1.82) is 0 Å². The van der Waals surface area contributed by atoms with Crippen LogP contribution >= 0.6 is 11.6 Å². The van der Waals surface area contributed by atoms with E-state index in [9.17, 15) is 9.18 Å². The molecule has 0 bridgehead atoms. The molecular formula is C20H25ClFN3O2. The number of aromatic nitrogens is 2. The average Bonchev–Trinajstić information content (AvgIpc) is 2.87. The van der Waals surface area contributed by atoms with Crippen LogP contribution in [-0.4, -0.2) is 40.8 Å². The van der Waals surface area contributed by atoms with Crippen LogP contribution in [0.25, 0.3) is 6.08 Å². The van der Waals surface area contributed by atoms with Crippen LogP contribution in [-0.2, 0) is 11.3 Å². The largest absolute Gasteiger partial charge is 0.489 e. The highest BCUT2D eigenvalue weighted by atomic mass is 35.5. The number of likely N-dealkylation sites (N-methyl/N-ethyl adjacent to an activating group) is 1. The number of halogens is 2. The van der Waals surface area contributed by atoms with Crippen molar-refractivity contribution in [3.05, 3.63) is 52.6 Å². The van der Waals surface area contributed by atoms with Gasteiger partial charge in [0, 0.05) is 25.2 Å². The summed E-state index contributed by atoms with van der Waals surface area (Å²) in [6, 6.07) is 6.18. The normalized spacial score (nSPS) is 11.4. The Balaban J connectivity index is 1.92. The lowest BCUT2D eigenvalue weighted by Crippen LogP contribution is -2.29. The molecule has 0 aliphatic heterocycles. The summed E-state index contributed by atoms with van der Waals surface area (Å²) in [5, 5.41) is 4.94. The minimum Gasteiger partial charge on any atom is -0.489 e. The Hall–Kier alpha value is -2.34. The Morgan fingerprint density at radius 1 is 1.41 bits per heavy atom. The molecule has 5 nitrogen and oxygen atoms in total. The molecule has 0 aliphatic carbocycles. The van der Waals surface area contributed by atoms with Crippen LogP contribution in [0.3, 0.4) is 0 Å². The molecule has 7 heteroatoms. The number of nitrogens with zero attached hydrogens (tertiary/aromatic N) is 3. The van der Waals surface area contributed by atoms with Crippen LogP contribution in [0.15, 0.2) is 30.3 Å². The number of benzene rings is 1. The molecule has 2 aromatic rings. The Morgan fingerprint density at radius 3 is 2.78 bits per heavy atom. The SMILES string of the molecule is Cc1nn(CC(C)C)c(Cl)c1/C=C/C(=O)N(C)CCOc1ccccc1F. The highest BCUT2D eigenvalue weighted by molar-refractivity contribution is 6.31. The van der Waals surface area contributed by atoms with Crippen LogP contribution in [0, 0.1) is 18.7 Å². The first kappa shape index (κ1) is 21.0. The Kier molecular flexibility index (Phi) is 7.42.